The molecular weight excluding hydrogens is 418 g/mol. The van der Waals surface area contributed by atoms with E-state index in [1.807, 2.05) is 6.07 Å². The maximum atomic E-state index is 13.1. The largest absolute Gasteiger partial charge is 0.481 e. The predicted molar refractivity (Wildman–Crippen MR) is 110 cm³/mol. The number of carbonyl (C=O) groups is 2. The van der Waals surface area contributed by atoms with E-state index in [-0.39, 0.29) is 35.7 Å². The molecule has 1 aliphatic rings. The van der Waals surface area contributed by atoms with Crippen LogP contribution in [0.15, 0.2) is 54.3 Å². The second-order valence-corrected chi connectivity index (χ2v) is 7.43. The zero-order valence-corrected chi connectivity index (χ0v) is 17.4. The van der Waals surface area contributed by atoms with E-state index in [1.165, 1.54) is 43.7 Å². The number of aromatic nitrogens is 2. The highest BCUT2D eigenvalue weighted by Crippen LogP contribution is 2.49. The number of nitro benzene ring substituents is 1. The van der Waals surface area contributed by atoms with E-state index < -0.39 is 34.2 Å². The summed E-state index contributed by atoms with van der Waals surface area (Å²) in [6, 6.07) is 6.15. The van der Waals surface area contributed by atoms with Crippen LogP contribution in [0.5, 0.6) is 0 Å². The number of nitrogens with zero attached hydrogens (tertiary/aromatic N) is 4. The smallest absolute Gasteiger partial charge is 0.336 e. The summed E-state index contributed by atoms with van der Waals surface area (Å²) in [5, 5.41) is 34.2. The first-order valence-corrected chi connectivity index (χ1v) is 9.73. The Kier molecular flexibility index (Phi) is 6.25. The van der Waals surface area contributed by atoms with Gasteiger partial charge in [0.2, 0.25) is 0 Å². The standard InChI is InChI=1S/C21H21N5O6/c1-3-32-19(27)17-15(11-25-8-7-23-12-25)24-16(10-22)21(2,20(28)29)18(17)13-5-4-6-14(9-13)26(30)31/h4-9,12,16,18,24H,3,11H2,1-2H3,(H,28,29). The van der Waals surface area contributed by atoms with Gasteiger partial charge >= 0.3 is 11.9 Å². The number of allylic oxidation sites excluding steroid dienone is 1. The van der Waals surface area contributed by atoms with Gasteiger partial charge in [-0.25, -0.2) is 9.78 Å². The summed E-state index contributed by atoms with van der Waals surface area (Å²) in [6.07, 6.45) is 4.69. The Bertz CT molecular complexity index is 1120. The molecule has 32 heavy (non-hydrogen) atoms. The van der Waals surface area contributed by atoms with Gasteiger partial charge in [-0.2, -0.15) is 5.26 Å². The molecule has 11 nitrogen and oxygen atoms in total. The van der Waals surface area contributed by atoms with E-state index in [0.717, 1.165) is 0 Å². The number of nitrogens with one attached hydrogen (secondary N) is 1. The predicted octanol–water partition coefficient (Wildman–Crippen LogP) is 1.98. The van der Waals surface area contributed by atoms with Crippen molar-refractivity contribution in [1.82, 2.24) is 14.9 Å². The van der Waals surface area contributed by atoms with Crippen LogP contribution in [0.4, 0.5) is 5.69 Å². The van der Waals surface area contributed by atoms with Crippen molar-refractivity contribution in [2.45, 2.75) is 32.4 Å². The van der Waals surface area contributed by atoms with Gasteiger partial charge in [0.1, 0.15) is 11.5 Å². The number of hydrogen-bond donors (Lipinski definition) is 2. The number of imidazole rings is 1. The molecule has 0 radical (unpaired) electrons. The topological polar surface area (TPSA) is 160 Å². The summed E-state index contributed by atoms with van der Waals surface area (Å²) in [5.41, 5.74) is -1.59. The highest BCUT2D eigenvalue weighted by atomic mass is 16.6. The van der Waals surface area contributed by atoms with Gasteiger partial charge in [-0.15, -0.1) is 0 Å². The summed E-state index contributed by atoms with van der Waals surface area (Å²) >= 11 is 0. The third-order valence-electron chi connectivity index (χ3n) is 5.53. The first-order chi connectivity index (χ1) is 15.2. The molecule has 166 valence electrons. The van der Waals surface area contributed by atoms with Gasteiger partial charge in [-0.1, -0.05) is 12.1 Å². The number of carboxylic acid groups (broad SMARTS) is 1. The van der Waals surface area contributed by atoms with E-state index >= 15 is 0 Å². The minimum atomic E-state index is -1.83. The van der Waals surface area contributed by atoms with Crippen LogP contribution in [0.3, 0.4) is 0 Å². The van der Waals surface area contributed by atoms with Crippen molar-refractivity contribution >= 4 is 17.6 Å². The first-order valence-electron chi connectivity index (χ1n) is 9.73. The van der Waals surface area contributed by atoms with Gasteiger partial charge in [-0.3, -0.25) is 14.9 Å². The minimum Gasteiger partial charge on any atom is -0.481 e. The molecule has 3 unspecified atom stereocenters. The Morgan fingerprint density at radius 2 is 2.22 bits per heavy atom. The van der Waals surface area contributed by atoms with Crippen LogP contribution in [-0.2, 0) is 20.9 Å². The molecule has 0 saturated heterocycles. The number of ether oxygens (including phenoxy) is 1. The molecule has 2 aromatic rings. The number of carboxylic acids is 1. The number of non-ortho nitro benzene ring substituents is 1. The van der Waals surface area contributed by atoms with Gasteiger partial charge in [0.05, 0.1) is 36.0 Å². The van der Waals surface area contributed by atoms with E-state index in [2.05, 4.69) is 10.3 Å². The molecule has 1 aliphatic heterocycles. The van der Waals surface area contributed by atoms with E-state index in [9.17, 15) is 30.1 Å². The SMILES string of the molecule is CCOC(=O)C1=C(Cn2ccnc2)NC(C#N)C(C)(C(=O)O)C1c1cccc([N+](=O)[O-])c1. The number of nitriles is 1. The number of aliphatic carboxylic acids is 1. The molecule has 0 spiro atoms. The third kappa shape index (κ3) is 3.90. The lowest BCUT2D eigenvalue weighted by atomic mass is 9.63. The fourth-order valence-corrected chi connectivity index (χ4v) is 3.93. The fraction of sp³-hybridized carbons (Fsp3) is 0.333. The zero-order chi connectivity index (χ0) is 23.5. The van der Waals surface area contributed by atoms with E-state index in [4.69, 9.17) is 4.74 Å². The summed E-state index contributed by atoms with van der Waals surface area (Å²) in [5.74, 6) is -3.30. The van der Waals surface area contributed by atoms with Crippen molar-refractivity contribution in [1.29, 1.82) is 5.26 Å². The fourth-order valence-electron chi connectivity index (χ4n) is 3.93. The monoisotopic (exact) mass is 439 g/mol. The van der Waals surface area contributed by atoms with Crippen LogP contribution in [0.2, 0.25) is 0 Å². The van der Waals surface area contributed by atoms with E-state index in [1.54, 1.807) is 17.7 Å². The van der Waals surface area contributed by atoms with Crippen molar-refractivity contribution in [3.05, 3.63) is 69.9 Å². The lowest BCUT2D eigenvalue weighted by molar-refractivity contribution is -0.384. The van der Waals surface area contributed by atoms with Gasteiger partial charge in [0.15, 0.2) is 0 Å². The first kappa shape index (κ1) is 22.5. The summed E-state index contributed by atoms with van der Waals surface area (Å²) in [4.78, 5) is 40.3. The molecule has 0 fully saturated rings. The van der Waals surface area contributed by atoms with Crippen LogP contribution >= 0.6 is 0 Å². The Hall–Kier alpha value is -4.20. The summed E-state index contributed by atoms with van der Waals surface area (Å²) in [7, 11) is 0. The molecule has 2 heterocycles. The van der Waals surface area contributed by atoms with Crippen molar-refractivity contribution in [2.24, 2.45) is 5.41 Å². The molecule has 0 bridgehead atoms. The highest BCUT2D eigenvalue weighted by Gasteiger charge is 2.56. The third-order valence-corrected chi connectivity index (χ3v) is 5.53. The number of carbonyl (C=O) groups excluding carboxylic acids is 1. The van der Waals surface area contributed by atoms with Crippen molar-refractivity contribution < 1.29 is 24.4 Å². The Balaban J connectivity index is 2.32. The van der Waals surface area contributed by atoms with Crippen LogP contribution in [0.1, 0.15) is 25.3 Å². The molecule has 0 saturated carbocycles. The molecule has 3 atom stereocenters. The van der Waals surface area contributed by atoms with Crippen LogP contribution < -0.4 is 5.32 Å². The molecule has 0 amide bonds. The molecule has 1 aromatic carbocycles. The quantitative estimate of drug-likeness (QED) is 0.373. The maximum absolute atomic E-state index is 13.1. The number of hydrogen-bond acceptors (Lipinski definition) is 8. The summed E-state index contributed by atoms with van der Waals surface area (Å²) < 4.78 is 6.87. The van der Waals surface area contributed by atoms with Crippen molar-refractivity contribution in [2.75, 3.05) is 6.61 Å². The minimum absolute atomic E-state index is 0.00236. The maximum Gasteiger partial charge on any atom is 0.336 e. The average molecular weight is 439 g/mol. The van der Waals surface area contributed by atoms with Gasteiger partial charge < -0.3 is 19.7 Å². The second kappa shape index (κ2) is 8.89. The summed E-state index contributed by atoms with van der Waals surface area (Å²) in [6.45, 7) is 3.08. The lowest BCUT2D eigenvalue weighted by Crippen LogP contribution is -2.56. The highest BCUT2D eigenvalue weighted by molar-refractivity contribution is 5.94. The Morgan fingerprint density at radius 3 is 2.78 bits per heavy atom. The number of rotatable bonds is 7. The molecular formula is C21H21N5O6. The molecule has 11 heteroatoms. The van der Waals surface area contributed by atoms with Crippen LogP contribution in [-0.4, -0.2) is 44.2 Å². The number of nitro groups is 1. The van der Waals surface area contributed by atoms with Gasteiger partial charge in [0.25, 0.3) is 5.69 Å². The normalized spacial score (nSPS) is 22.5. The van der Waals surface area contributed by atoms with Crippen LogP contribution in [0.25, 0.3) is 0 Å². The lowest BCUT2D eigenvalue weighted by Gasteiger charge is -2.43. The van der Waals surface area contributed by atoms with Crippen LogP contribution in [0, 0.1) is 26.9 Å². The van der Waals surface area contributed by atoms with Gasteiger partial charge in [0, 0.05) is 36.1 Å². The molecule has 1 aromatic heterocycles. The van der Waals surface area contributed by atoms with Crippen molar-refractivity contribution in [3.8, 4) is 6.07 Å². The molecule has 0 aliphatic carbocycles. The Labute approximate surface area is 183 Å². The Morgan fingerprint density at radius 1 is 1.47 bits per heavy atom. The van der Waals surface area contributed by atoms with Crippen molar-refractivity contribution in [3.63, 3.8) is 0 Å². The second-order valence-electron chi connectivity index (χ2n) is 7.43. The average Bonchev–Trinajstić information content (AvgIpc) is 3.27. The number of benzene rings is 1. The number of esters is 1. The zero-order valence-electron chi connectivity index (χ0n) is 17.4. The van der Waals surface area contributed by atoms with Gasteiger partial charge in [-0.05, 0) is 19.4 Å². The van der Waals surface area contributed by atoms with E-state index in [0.29, 0.717) is 0 Å². The molecule has 2 N–H and O–H groups in total. The molecule has 3 rings (SSSR count).